The molecule has 20 heavy (non-hydrogen) atoms. The van der Waals surface area contributed by atoms with Crippen molar-refractivity contribution in [2.24, 2.45) is 0 Å². The minimum Gasteiger partial charge on any atom is -0.436 e. The number of aliphatic hydroxyl groups excluding tert-OH is 1. The quantitative estimate of drug-likeness (QED) is 0.259. The summed E-state index contributed by atoms with van der Waals surface area (Å²) in [6.45, 7) is 6.60. The van der Waals surface area contributed by atoms with Crippen molar-refractivity contribution >= 4 is 14.8 Å². The lowest BCUT2D eigenvalue weighted by atomic mass is 10.4. The van der Waals surface area contributed by atoms with Gasteiger partial charge in [0.05, 0.1) is 12.7 Å². The number of carbonyl (C=O) groups is 1. The molecule has 0 aliphatic rings. The van der Waals surface area contributed by atoms with Gasteiger partial charge in [0.1, 0.15) is 5.73 Å². The third kappa shape index (κ3) is 6.12. The number of esters is 1. The fourth-order valence-electron chi connectivity index (χ4n) is 1.51. The molecule has 0 saturated carbocycles. The van der Waals surface area contributed by atoms with Gasteiger partial charge in [-0.3, -0.25) is 0 Å². The van der Waals surface area contributed by atoms with Gasteiger partial charge in [-0.1, -0.05) is 13.5 Å². The van der Waals surface area contributed by atoms with Crippen molar-refractivity contribution in [1.29, 1.82) is 0 Å². The molecule has 1 N–H and O–H groups in total. The lowest BCUT2D eigenvalue weighted by Crippen LogP contribution is -2.56. The molecule has 0 saturated heterocycles. The summed E-state index contributed by atoms with van der Waals surface area (Å²) in [6, 6.07) is 0. The third-order valence-corrected chi connectivity index (χ3v) is 5.52. The van der Waals surface area contributed by atoms with E-state index in [1.807, 2.05) is 6.92 Å². The highest BCUT2D eigenvalue weighted by Crippen LogP contribution is 2.19. The second kappa shape index (κ2) is 10.0. The van der Waals surface area contributed by atoms with E-state index in [1.165, 1.54) is 14.2 Å². The Morgan fingerprint density at radius 3 is 2.40 bits per heavy atom. The van der Waals surface area contributed by atoms with Crippen LogP contribution in [0.5, 0.6) is 0 Å². The van der Waals surface area contributed by atoms with Crippen LogP contribution in [0.1, 0.15) is 20.3 Å². The van der Waals surface area contributed by atoms with Crippen LogP contribution in [0.25, 0.3) is 0 Å². The van der Waals surface area contributed by atoms with E-state index in [4.69, 9.17) is 22.8 Å². The molecule has 0 aliphatic heterocycles. The molecular formula is C12H24O7Si. The highest BCUT2D eigenvalue weighted by molar-refractivity contribution is 6.62. The van der Waals surface area contributed by atoms with Crippen LogP contribution in [0.3, 0.4) is 0 Å². The van der Waals surface area contributed by atoms with Gasteiger partial charge in [0.25, 0.3) is 0 Å². The largest absolute Gasteiger partial charge is 0.533 e. The van der Waals surface area contributed by atoms with Crippen LogP contribution in [0.2, 0.25) is 0 Å². The van der Waals surface area contributed by atoms with Gasteiger partial charge in [-0.05, 0) is 13.3 Å². The molecule has 0 heterocycles. The molecule has 7 nitrogen and oxygen atoms in total. The van der Waals surface area contributed by atoms with Crippen molar-refractivity contribution in [3.8, 4) is 0 Å². The molecule has 0 fully saturated rings. The summed E-state index contributed by atoms with van der Waals surface area (Å²) in [5, 5.41) is 9.28. The molecule has 0 aromatic carbocycles. The second-order valence-electron chi connectivity index (χ2n) is 4.02. The Balaban J connectivity index is 4.67. The predicted octanol–water partition coefficient (Wildman–Crippen LogP) is 0.637. The fourth-order valence-corrected chi connectivity index (χ4v) is 3.65. The molecule has 0 aliphatic carbocycles. The number of hydrogen-bond acceptors (Lipinski definition) is 7. The number of carbonyl (C=O) groups excluding carboxylic acids is 1. The Kier molecular flexibility index (Phi) is 9.64. The van der Waals surface area contributed by atoms with Crippen molar-refractivity contribution in [3.05, 3.63) is 12.7 Å². The minimum atomic E-state index is -3.16. The lowest BCUT2D eigenvalue weighted by Gasteiger charge is -2.32. The van der Waals surface area contributed by atoms with Crippen LogP contribution in [-0.4, -0.2) is 59.3 Å². The van der Waals surface area contributed by atoms with Crippen molar-refractivity contribution < 1.29 is 32.7 Å². The van der Waals surface area contributed by atoms with Gasteiger partial charge >= 0.3 is 14.8 Å². The molecule has 0 bridgehead atoms. The van der Waals surface area contributed by atoms with Gasteiger partial charge < -0.3 is 27.9 Å². The first-order valence-corrected chi connectivity index (χ1v) is 8.09. The van der Waals surface area contributed by atoms with Gasteiger partial charge in [0.15, 0.2) is 6.79 Å². The van der Waals surface area contributed by atoms with Crippen LogP contribution in [0, 0.1) is 0 Å². The smallest absolute Gasteiger partial charge is 0.436 e. The summed E-state index contributed by atoms with van der Waals surface area (Å²) in [7, 11) is -0.276. The highest BCUT2D eigenvalue weighted by Gasteiger charge is 2.49. The number of ether oxygens (including phenoxy) is 2. The number of hydrogen-bond donors (Lipinski definition) is 1. The van der Waals surface area contributed by atoms with Gasteiger partial charge in [-0.25, -0.2) is 4.79 Å². The Bertz CT molecular complexity index is 292. The first-order chi connectivity index (χ1) is 9.45. The molecule has 0 spiro atoms. The monoisotopic (exact) mass is 308 g/mol. The molecule has 0 radical (unpaired) electrons. The summed E-state index contributed by atoms with van der Waals surface area (Å²) < 4.78 is 26.5. The maximum Gasteiger partial charge on any atom is 0.533 e. The van der Waals surface area contributed by atoms with E-state index >= 15 is 0 Å². The maximum atomic E-state index is 11.0. The molecule has 8 heteroatoms. The standard InChI is InChI=1S/C12H24O7Si/c1-6-11(14)18-9-19-20(15-4,16-5)12(7-2)17-8-10(3)13/h6,10,12-13H,1,7-9H2,2-5H3. The van der Waals surface area contributed by atoms with Crippen molar-refractivity contribution in [2.75, 3.05) is 27.6 Å². The van der Waals surface area contributed by atoms with Crippen molar-refractivity contribution in [3.63, 3.8) is 0 Å². The first kappa shape index (κ1) is 19.2. The van der Waals surface area contributed by atoms with Crippen molar-refractivity contribution in [2.45, 2.75) is 32.1 Å². The molecular weight excluding hydrogens is 284 g/mol. The molecule has 2 unspecified atom stereocenters. The predicted molar refractivity (Wildman–Crippen MR) is 73.7 cm³/mol. The average Bonchev–Trinajstić information content (AvgIpc) is 2.45. The van der Waals surface area contributed by atoms with E-state index in [0.717, 1.165) is 6.08 Å². The summed E-state index contributed by atoms with van der Waals surface area (Å²) in [6.07, 6.45) is 0.992. The van der Waals surface area contributed by atoms with Gasteiger partial charge in [0, 0.05) is 20.3 Å². The van der Waals surface area contributed by atoms with E-state index < -0.39 is 26.6 Å². The molecule has 0 rings (SSSR count). The van der Waals surface area contributed by atoms with E-state index in [2.05, 4.69) is 6.58 Å². The summed E-state index contributed by atoms with van der Waals surface area (Å²) >= 11 is 0. The SMILES string of the molecule is C=CC(=O)OCO[Si](OC)(OC)C(CC)OCC(C)O. The van der Waals surface area contributed by atoms with E-state index in [9.17, 15) is 9.90 Å². The van der Waals surface area contributed by atoms with E-state index in [-0.39, 0.29) is 13.4 Å². The normalized spacial score (nSPS) is 14.7. The zero-order chi connectivity index (χ0) is 15.6. The lowest BCUT2D eigenvalue weighted by molar-refractivity contribution is -0.148. The topological polar surface area (TPSA) is 83.5 Å². The molecule has 2 atom stereocenters. The summed E-state index contributed by atoms with van der Waals surface area (Å²) in [5.41, 5.74) is -0.463. The molecule has 0 amide bonds. The van der Waals surface area contributed by atoms with Crippen molar-refractivity contribution in [1.82, 2.24) is 0 Å². The fraction of sp³-hybridized carbons (Fsp3) is 0.750. The van der Waals surface area contributed by atoms with Crippen LogP contribution in [0.15, 0.2) is 12.7 Å². The van der Waals surface area contributed by atoms with Gasteiger partial charge in [0.2, 0.25) is 0 Å². The Labute approximate surface area is 120 Å². The first-order valence-electron chi connectivity index (χ1n) is 6.28. The second-order valence-corrected chi connectivity index (χ2v) is 6.98. The zero-order valence-corrected chi connectivity index (χ0v) is 13.5. The maximum absolute atomic E-state index is 11.0. The van der Waals surface area contributed by atoms with E-state index in [0.29, 0.717) is 6.42 Å². The number of rotatable bonds is 11. The van der Waals surface area contributed by atoms with Gasteiger partial charge in [-0.2, -0.15) is 0 Å². The van der Waals surface area contributed by atoms with Crippen LogP contribution in [-0.2, 0) is 27.5 Å². The Hall–Kier alpha value is -0.773. The van der Waals surface area contributed by atoms with Crippen LogP contribution >= 0.6 is 0 Å². The molecule has 118 valence electrons. The number of aliphatic hydroxyl groups is 1. The highest BCUT2D eigenvalue weighted by atomic mass is 28.4. The minimum absolute atomic E-state index is 0.135. The molecule has 0 aromatic rings. The Morgan fingerprint density at radius 1 is 1.40 bits per heavy atom. The Morgan fingerprint density at radius 2 is 2.00 bits per heavy atom. The summed E-state index contributed by atoms with van der Waals surface area (Å²) in [5.74, 6) is -0.599. The van der Waals surface area contributed by atoms with Crippen LogP contribution in [0.4, 0.5) is 0 Å². The van der Waals surface area contributed by atoms with E-state index in [1.54, 1.807) is 6.92 Å². The molecule has 0 aromatic heterocycles. The zero-order valence-electron chi connectivity index (χ0n) is 12.5. The summed E-state index contributed by atoms with van der Waals surface area (Å²) in [4.78, 5) is 11.0. The third-order valence-electron chi connectivity index (χ3n) is 2.50. The van der Waals surface area contributed by atoms with Gasteiger partial charge in [-0.15, -0.1) is 0 Å². The average molecular weight is 308 g/mol. The van der Waals surface area contributed by atoms with Crippen LogP contribution < -0.4 is 0 Å².